The lowest BCUT2D eigenvalue weighted by Gasteiger charge is -2.17. The summed E-state index contributed by atoms with van der Waals surface area (Å²) >= 11 is 0. The summed E-state index contributed by atoms with van der Waals surface area (Å²) in [4.78, 5) is 11.2. The van der Waals surface area contributed by atoms with Crippen LogP contribution in [0.4, 0.5) is 0 Å². The fourth-order valence-electron chi connectivity index (χ4n) is 1.87. The molecule has 1 aromatic rings. The summed E-state index contributed by atoms with van der Waals surface area (Å²) in [6, 6.07) is 6.67. The van der Waals surface area contributed by atoms with Gasteiger partial charge >= 0.3 is 5.97 Å². The van der Waals surface area contributed by atoms with E-state index < -0.39 is 17.9 Å². The zero-order valence-electron chi connectivity index (χ0n) is 10.1. The summed E-state index contributed by atoms with van der Waals surface area (Å²) in [5.41, 5.74) is 7.25. The summed E-state index contributed by atoms with van der Waals surface area (Å²) in [7, 11) is 0. The number of benzene rings is 1. The summed E-state index contributed by atoms with van der Waals surface area (Å²) in [6.45, 7) is 3.64. The minimum atomic E-state index is -0.820. The number of carboxylic acid groups (broad SMARTS) is 1. The van der Waals surface area contributed by atoms with Crippen molar-refractivity contribution in [3.05, 3.63) is 35.4 Å². The lowest BCUT2D eigenvalue weighted by Crippen LogP contribution is -2.18. The first-order chi connectivity index (χ1) is 7.97. The number of rotatable bonds is 5. The van der Waals surface area contributed by atoms with Gasteiger partial charge in [-0.15, -0.1) is 0 Å². The van der Waals surface area contributed by atoms with Crippen LogP contribution in [-0.2, 0) is 4.79 Å². The fourth-order valence-corrected chi connectivity index (χ4v) is 1.87. The van der Waals surface area contributed by atoms with E-state index in [0.29, 0.717) is 0 Å². The van der Waals surface area contributed by atoms with E-state index in [0.717, 1.165) is 11.1 Å². The molecule has 1 rings (SSSR count). The van der Waals surface area contributed by atoms with Gasteiger partial charge in [-0.25, -0.2) is 0 Å². The average Bonchev–Trinajstić information content (AvgIpc) is 2.28. The summed E-state index contributed by atoms with van der Waals surface area (Å²) in [5.74, 6) is -1.29. The third-order valence-electron chi connectivity index (χ3n) is 2.85. The van der Waals surface area contributed by atoms with E-state index in [4.69, 9.17) is 15.9 Å². The quantitative estimate of drug-likeness (QED) is 0.724. The van der Waals surface area contributed by atoms with Crippen LogP contribution in [0, 0.1) is 5.92 Å². The number of aliphatic hydroxyl groups excluding tert-OH is 1. The molecule has 0 aliphatic carbocycles. The number of nitrogens with two attached hydrogens (primary N) is 1. The zero-order chi connectivity index (χ0) is 13.0. The largest absolute Gasteiger partial charge is 0.481 e. The molecule has 0 aliphatic heterocycles. The molecule has 0 spiro atoms. The molecule has 0 aromatic heterocycles. The minimum absolute atomic E-state index is 0.0323. The van der Waals surface area contributed by atoms with E-state index in [-0.39, 0.29) is 12.5 Å². The molecule has 2 unspecified atom stereocenters. The molecule has 0 amide bonds. The molecular formula is C13H19NO3. The van der Waals surface area contributed by atoms with Crippen molar-refractivity contribution in [1.82, 2.24) is 0 Å². The summed E-state index contributed by atoms with van der Waals surface area (Å²) < 4.78 is 0. The van der Waals surface area contributed by atoms with E-state index >= 15 is 0 Å². The molecule has 0 heterocycles. The molecule has 0 bridgehead atoms. The zero-order valence-corrected chi connectivity index (χ0v) is 10.1. The normalized spacial score (nSPS) is 14.6. The monoisotopic (exact) mass is 237 g/mol. The maximum atomic E-state index is 11.2. The van der Waals surface area contributed by atoms with Gasteiger partial charge in [-0.3, -0.25) is 4.79 Å². The van der Waals surface area contributed by atoms with Crippen LogP contribution in [0.3, 0.4) is 0 Å². The van der Waals surface area contributed by atoms with Crippen LogP contribution in [0.2, 0.25) is 0 Å². The van der Waals surface area contributed by atoms with Crippen molar-refractivity contribution in [3.8, 4) is 0 Å². The van der Waals surface area contributed by atoms with Crippen LogP contribution in [0.15, 0.2) is 24.3 Å². The SMILES string of the molecule is CC(C)C(C(=O)O)c1ccc(C(N)CO)cc1. The number of aliphatic hydroxyl groups is 1. The van der Waals surface area contributed by atoms with Crippen molar-refractivity contribution in [2.24, 2.45) is 11.7 Å². The van der Waals surface area contributed by atoms with E-state index in [1.165, 1.54) is 0 Å². The van der Waals surface area contributed by atoms with Crippen molar-refractivity contribution >= 4 is 5.97 Å². The molecule has 1 aromatic carbocycles. The molecule has 0 saturated carbocycles. The second-order valence-corrected chi connectivity index (χ2v) is 4.52. The lowest BCUT2D eigenvalue weighted by atomic mass is 9.88. The fraction of sp³-hybridized carbons (Fsp3) is 0.462. The highest BCUT2D eigenvalue weighted by molar-refractivity contribution is 5.76. The Kier molecular flexibility index (Phi) is 4.66. The van der Waals surface area contributed by atoms with Crippen LogP contribution in [0.5, 0.6) is 0 Å². The molecule has 0 aliphatic rings. The second kappa shape index (κ2) is 5.80. The molecular weight excluding hydrogens is 218 g/mol. The molecule has 4 heteroatoms. The maximum Gasteiger partial charge on any atom is 0.311 e. The van der Waals surface area contributed by atoms with Gasteiger partial charge in [0.1, 0.15) is 0 Å². The van der Waals surface area contributed by atoms with Gasteiger partial charge in [0.2, 0.25) is 0 Å². The number of carboxylic acids is 1. The summed E-state index contributed by atoms with van der Waals surface area (Å²) in [6.07, 6.45) is 0. The Labute approximate surface area is 101 Å². The highest BCUT2D eigenvalue weighted by atomic mass is 16.4. The van der Waals surface area contributed by atoms with Crippen molar-refractivity contribution in [3.63, 3.8) is 0 Å². The number of aliphatic carboxylic acids is 1. The predicted molar refractivity (Wildman–Crippen MR) is 65.7 cm³/mol. The third kappa shape index (κ3) is 3.28. The Morgan fingerprint density at radius 1 is 1.24 bits per heavy atom. The Bertz CT molecular complexity index is 373. The van der Waals surface area contributed by atoms with E-state index in [1.807, 2.05) is 13.8 Å². The van der Waals surface area contributed by atoms with Gasteiger partial charge in [0, 0.05) is 0 Å². The molecule has 94 valence electrons. The number of carbonyl (C=O) groups is 1. The smallest absolute Gasteiger partial charge is 0.311 e. The molecule has 4 nitrogen and oxygen atoms in total. The van der Waals surface area contributed by atoms with Gasteiger partial charge in [-0.05, 0) is 17.0 Å². The maximum absolute atomic E-state index is 11.2. The van der Waals surface area contributed by atoms with Gasteiger partial charge in [0.25, 0.3) is 0 Å². The van der Waals surface area contributed by atoms with Crippen molar-refractivity contribution in [1.29, 1.82) is 0 Å². The van der Waals surface area contributed by atoms with Gasteiger partial charge in [-0.1, -0.05) is 38.1 Å². The van der Waals surface area contributed by atoms with Crippen molar-refractivity contribution < 1.29 is 15.0 Å². The molecule has 0 saturated heterocycles. The highest BCUT2D eigenvalue weighted by Crippen LogP contribution is 2.25. The highest BCUT2D eigenvalue weighted by Gasteiger charge is 2.23. The minimum Gasteiger partial charge on any atom is -0.481 e. The van der Waals surface area contributed by atoms with Gasteiger partial charge in [0.15, 0.2) is 0 Å². The van der Waals surface area contributed by atoms with E-state index in [9.17, 15) is 4.79 Å². The molecule has 17 heavy (non-hydrogen) atoms. The average molecular weight is 237 g/mol. The first kappa shape index (κ1) is 13.7. The van der Waals surface area contributed by atoms with Crippen molar-refractivity contribution in [2.75, 3.05) is 6.61 Å². The summed E-state index contributed by atoms with van der Waals surface area (Å²) in [5, 5.41) is 18.1. The first-order valence-electron chi connectivity index (χ1n) is 5.66. The molecule has 2 atom stereocenters. The number of hydrogen-bond donors (Lipinski definition) is 3. The van der Waals surface area contributed by atoms with E-state index in [1.54, 1.807) is 24.3 Å². The van der Waals surface area contributed by atoms with Gasteiger partial charge in [-0.2, -0.15) is 0 Å². The second-order valence-electron chi connectivity index (χ2n) is 4.52. The van der Waals surface area contributed by atoms with Crippen LogP contribution in [0.25, 0.3) is 0 Å². The topological polar surface area (TPSA) is 83.5 Å². The van der Waals surface area contributed by atoms with E-state index in [2.05, 4.69) is 0 Å². The van der Waals surface area contributed by atoms with Gasteiger partial charge in [0.05, 0.1) is 18.6 Å². The van der Waals surface area contributed by atoms with Crippen LogP contribution >= 0.6 is 0 Å². The Hall–Kier alpha value is -1.39. The first-order valence-corrected chi connectivity index (χ1v) is 5.66. The Balaban J connectivity index is 2.96. The van der Waals surface area contributed by atoms with Crippen LogP contribution in [0.1, 0.15) is 36.9 Å². The lowest BCUT2D eigenvalue weighted by molar-refractivity contribution is -0.139. The Morgan fingerprint density at radius 3 is 2.06 bits per heavy atom. The Morgan fingerprint density at radius 2 is 1.71 bits per heavy atom. The molecule has 0 fully saturated rings. The number of hydrogen-bond acceptors (Lipinski definition) is 3. The standard InChI is InChI=1S/C13H19NO3/c1-8(2)12(13(16)17)10-5-3-9(4-6-10)11(14)7-15/h3-6,8,11-12,15H,7,14H2,1-2H3,(H,16,17). The van der Waals surface area contributed by atoms with Crippen LogP contribution in [-0.4, -0.2) is 22.8 Å². The molecule has 4 N–H and O–H groups in total. The van der Waals surface area contributed by atoms with Crippen LogP contribution < -0.4 is 5.73 Å². The third-order valence-corrected chi connectivity index (χ3v) is 2.85. The predicted octanol–water partition coefficient (Wildman–Crippen LogP) is 1.50. The van der Waals surface area contributed by atoms with Crippen molar-refractivity contribution in [2.45, 2.75) is 25.8 Å². The molecule has 0 radical (unpaired) electrons. The van der Waals surface area contributed by atoms with Gasteiger partial charge < -0.3 is 15.9 Å².